The van der Waals surface area contributed by atoms with Gasteiger partial charge in [0.1, 0.15) is 17.2 Å². The van der Waals surface area contributed by atoms with E-state index >= 15 is 0 Å². The van der Waals surface area contributed by atoms with Crippen LogP contribution in [0.1, 0.15) is 26.3 Å². The summed E-state index contributed by atoms with van der Waals surface area (Å²) >= 11 is 0. The molecule has 0 saturated carbocycles. The number of aliphatic carboxylic acids is 1. The number of fused-ring (bicyclic) bond motifs is 1. The first-order valence-corrected chi connectivity index (χ1v) is 8.73. The summed E-state index contributed by atoms with van der Waals surface area (Å²) in [5, 5.41) is 11.8. The number of benzene rings is 1. The van der Waals surface area contributed by atoms with E-state index in [0.717, 1.165) is 5.56 Å². The molecular formula is C20H21N3O5. The standard InChI is InChI=1S/C20H21N3O5/c1-20(2,3)28-19(26)23-15(18(24)25)11-12-4-5-16-14(10-12)22-17(27-16)13-6-8-21-9-7-13/h4-10,15H,11H2,1-3H3,(H,23,26)(H,24,25). The van der Waals surface area contributed by atoms with Crippen LogP contribution in [0.4, 0.5) is 4.79 Å². The molecule has 0 aliphatic heterocycles. The van der Waals surface area contributed by atoms with Crippen LogP contribution in [0, 0.1) is 0 Å². The zero-order valence-electron chi connectivity index (χ0n) is 15.8. The van der Waals surface area contributed by atoms with Gasteiger partial charge in [-0.15, -0.1) is 0 Å². The molecule has 28 heavy (non-hydrogen) atoms. The summed E-state index contributed by atoms with van der Waals surface area (Å²) < 4.78 is 10.9. The van der Waals surface area contributed by atoms with E-state index in [1.807, 2.05) is 0 Å². The third kappa shape index (κ3) is 4.85. The van der Waals surface area contributed by atoms with E-state index in [4.69, 9.17) is 9.15 Å². The van der Waals surface area contributed by atoms with Crippen LogP contribution in [0.15, 0.2) is 47.1 Å². The summed E-state index contributed by atoms with van der Waals surface area (Å²) in [6.45, 7) is 5.13. The van der Waals surface area contributed by atoms with E-state index in [1.54, 1.807) is 63.5 Å². The van der Waals surface area contributed by atoms with Gasteiger partial charge >= 0.3 is 12.1 Å². The van der Waals surface area contributed by atoms with Crippen LogP contribution in [0.25, 0.3) is 22.6 Å². The van der Waals surface area contributed by atoms with Gasteiger partial charge in [-0.3, -0.25) is 4.98 Å². The van der Waals surface area contributed by atoms with Crippen molar-refractivity contribution in [3.63, 3.8) is 0 Å². The number of oxazole rings is 1. The second-order valence-electron chi connectivity index (χ2n) is 7.30. The molecule has 2 aromatic heterocycles. The van der Waals surface area contributed by atoms with Crippen molar-refractivity contribution in [2.75, 3.05) is 0 Å². The molecule has 2 heterocycles. The highest BCUT2D eigenvalue weighted by Crippen LogP contribution is 2.24. The van der Waals surface area contributed by atoms with E-state index in [2.05, 4.69) is 15.3 Å². The molecule has 1 aromatic carbocycles. The fourth-order valence-corrected chi connectivity index (χ4v) is 2.60. The lowest BCUT2D eigenvalue weighted by Crippen LogP contribution is -2.44. The van der Waals surface area contributed by atoms with Crippen molar-refractivity contribution in [1.82, 2.24) is 15.3 Å². The largest absolute Gasteiger partial charge is 0.480 e. The summed E-state index contributed by atoms with van der Waals surface area (Å²) in [6, 6.07) is 7.67. The Kier molecular flexibility index (Phi) is 5.30. The molecule has 0 aliphatic rings. The minimum Gasteiger partial charge on any atom is -0.480 e. The molecule has 1 unspecified atom stereocenters. The molecule has 2 N–H and O–H groups in total. The second kappa shape index (κ2) is 7.67. The molecule has 0 aliphatic carbocycles. The van der Waals surface area contributed by atoms with Crippen molar-refractivity contribution in [2.45, 2.75) is 38.8 Å². The Hall–Kier alpha value is -3.42. The number of amides is 1. The Balaban J connectivity index is 1.78. The lowest BCUT2D eigenvalue weighted by Gasteiger charge is -2.22. The predicted octanol–water partition coefficient (Wildman–Crippen LogP) is 3.41. The SMILES string of the molecule is CC(C)(C)OC(=O)NC(Cc1ccc2oc(-c3ccncc3)nc2c1)C(=O)O. The molecule has 8 heteroatoms. The zero-order valence-corrected chi connectivity index (χ0v) is 15.8. The summed E-state index contributed by atoms with van der Waals surface area (Å²) in [5.41, 5.74) is 1.97. The van der Waals surface area contributed by atoms with Gasteiger partial charge < -0.3 is 19.6 Å². The number of rotatable bonds is 5. The third-order valence-corrected chi connectivity index (χ3v) is 3.81. The Morgan fingerprint density at radius 1 is 1.21 bits per heavy atom. The zero-order chi connectivity index (χ0) is 20.3. The number of carboxylic acids is 1. The Labute approximate surface area is 161 Å². The van der Waals surface area contributed by atoms with Crippen molar-refractivity contribution < 1.29 is 23.8 Å². The fourth-order valence-electron chi connectivity index (χ4n) is 2.60. The number of nitrogens with zero attached hydrogens (tertiary/aromatic N) is 2. The quantitative estimate of drug-likeness (QED) is 0.694. The number of ether oxygens (including phenoxy) is 1. The van der Waals surface area contributed by atoms with E-state index < -0.39 is 23.7 Å². The lowest BCUT2D eigenvalue weighted by molar-refractivity contribution is -0.139. The molecule has 3 rings (SSSR count). The van der Waals surface area contributed by atoms with Crippen molar-refractivity contribution >= 4 is 23.2 Å². The maximum absolute atomic E-state index is 11.9. The molecule has 1 amide bonds. The predicted molar refractivity (Wildman–Crippen MR) is 102 cm³/mol. The van der Waals surface area contributed by atoms with Gasteiger partial charge in [-0.05, 0) is 50.6 Å². The number of hydrogen-bond acceptors (Lipinski definition) is 6. The highest BCUT2D eigenvalue weighted by atomic mass is 16.6. The summed E-state index contributed by atoms with van der Waals surface area (Å²) in [6.07, 6.45) is 2.61. The van der Waals surface area contributed by atoms with Gasteiger partial charge in [-0.2, -0.15) is 0 Å². The summed E-state index contributed by atoms with van der Waals surface area (Å²) in [4.78, 5) is 31.9. The molecule has 0 saturated heterocycles. The number of carbonyl (C=O) groups is 2. The number of carboxylic acid groups (broad SMARTS) is 1. The van der Waals surface area contributed by atoms with Crippen molar-refractivity contribution in [3.05, 3.63) is 48.3 Å². The number of carbonyl (C=O) groups excluding carboxylic acids is 1. The smallest absolute Gasteiger partial charge is 0.408 e. The van der Waals surface area contributed by atoms with Gasteiger partial charge in [0, 0.05) is 24.4 Å². The van der Waals surface area contributed by atoms with Gasteiger partial charge in [0.2, 0.25) is 5.89 Å². The second-order valence-corrected chi connectivity index (χ2v) is 7.30. The topological polar surface area (TPSA) is 115 Å². The monoisotopic (exact) mass is 383 g/mol. The average molecular weight is 383 g/mol. The first-order valence-electron chi connectivity index (χ1n) is 8.73. The molecular weight excluding hydrogens is 362 g/mol. The first kappa shape index (κ1) is 19.3. The van der Waals surface area contributed by atoms with E-state index in [-0.39, 0.29) is 6.42 Å². The first-order chi connectivity index (χ1) is 13.2. The van der Waals surface area contributed by atoms with Gasteiger partial charge in [0.15, 0.2) is 5.58 Å². The van der Waals surface area contributed by atoms with Gasteiger partial charge in [0.25, 0.3) is 0 Å². The maximum atomic E-state index is 11.9. The number of nitrogens with one attached hydrogen (secondary N) is 1. The Morgan fingerprint density at radius 2 is 1.93 bits per heavy atom. The van der Waals surface area contributed by atoms with Crippen LogP contribution in [0.5, 0.6) is 0 Å². The molecule has 0 bridgehead atoms. The maximum Gasteiger partial charge on any atom is 0.408 e. The van der Waals surface area contributed by atoms with Crippen LogP contribution >= 0.6 is 0 Å². The normalized spacial score (nSPS) is 12.5. The van der Waals surface area contributed by atoms with Crippen molar-refractivity contribution in [2.24, 2.45) is 0 Å². The van der Waals surface area contributed by atoms with Gasteiger partial charge in [0.05, 0.1) is 0 Å². The molecule has 8 nitrogen and oxygen atoms in total. The summed E-state index contributed by atoms with van der Waals surface area (Å²) in [7, 11) is 0. The highest BCUT2D eigenvalue weighted by Gasteiger charge is 2.24. The van der Waals surface area contributed by atoms with Crippen LogP contribution in [-0.2, 0) is 16.0 Å². The highest BCUT2D eigenvalue weighted by molar-refractivity contribution is 5.81. The summed E-state index contributed by atoms with van der Waals surface area (Å²) in [5.74, 6) is -0.695. The van der Waals surface area contributed by atoms with Crippen LogP contribution in [0.2, 0.25) is 0 Å². The third-order valence-electron chi connectivity index (χ3n) is 3.81. The average Bonchev–Trinajstić information content (AvgIpc) is 3.03. The molecule has 3 aromatic rings. The van der Waals surface area contributed by atoms with E-state index in [0.29, 0.717) is 22.6 Å². The lowest BCUT2D eigenvalue weighted by atomic mass is 10.1. The van der Waals surface area contributed by atoms with E-state index in [1.165, 1.54) is 0 Å². The Bertz CT molecular complexity index is 992. The number of hydrogen-bond donors (Lipinski definition) is 2. The van der Waals surface area contributed by atoms with Crippen LogP contribution < -0.4 is 5.32 Å². The minimum absolute atomic E-state index is 0.0853. The molecule has 1 atom stereocenters. The van der Waals surface area contributed by atoms with Crippen molar-refractivity contribution in [1.29, 1.82) is 0 Å². The molecule has 0 fully saturated rings. The van der Waals surface area contributed by atoms with E-state index in [9.17, 15) is 14.7 Å². The number of pyridine rings is 1. The number of alkyl carbamates (subject to hydrolysis) is 1. The van der Waals surface area contributed by atoms with Crippen LogP contribution in [-0.4, -0.2) is 38.8 Å². The Morgan fingerprint density at radius 3 is 2.57 bits per heavy atom. The van der Waals surface area contributed by atoms with Gasteiger partial charge in [-0.25, -0.2) is 14.6 Å². The van der Waals surface area contributed by atoms with Crippen LogP contribution in [0.3, 0.4) is 0 Å². The minimum atomic E-state index is -1.15. The number of aromatic nitrogens is 2. The molecule has 146 valence electrons. The molecule has 0 spiro atoms. The van der Waals surface area contributed by atoms with Gasteiger partial charge in [-0.1, -0.05) is 6.07 Å². The van der Waals surface area contributed by atoms with Crippen molar-refractivity contribution in [3.8, 4) is 11.5 Å². The fraction of sp³-hybridized carbons (Fsp3) is 0.300. The molecule has 0 radical (unpaired) electrons.